The number of rotatable bonds is 6. The first-order valence-corrected chi connectivity index (χ1v) is 7.71. The highest BCUT2D eigenvalue weighted by molar-refractivity contribution is 6.16. The van der Waals surface area contributed by atoms with Crippen molar-refractivity contribution in [2.45, 2.75) is 44.1 Å². The summed E-state index contributed by atoms with van der Waals surface area (Å²) in [6, 6.07) is 5.26. The number of para-hydroxylation sites is 1. The lowest BCUT2D eigenvalue weighted by atomic mass is 10.2. The Bertz CT molecular complexity index is 666. The molecule has 21 heavy (non-hydrogen) atoms. The summed E-state index contributed by atoms with van der Waals surface area (Å²) in [6.07, 6.45) is 3.33. The van der Waals surface area contributed by atoms with E-state index in [0.717, 1.165) is 18.4 Å². The topological polar surface area (TPSA) is 46.9 Å². The van der Waals surface area contributed by atoms with Crippen LogP contribution in [0.2, 0.25) is 0 Å². The number of aromatic nitrogens is 2. The molecule has 1 heterocycles. The van der Waals surface area contributed by atoms with Crippen LogP contribution < -0.4 is 5.32 Å². The van der Waals surface area contributed by atoms with Crippen molar-refractivity contribution in [3.05, 3.63) is 29.8 Å². The zero-order chi connectivity index (χ0) is 14.8. The Balaban J connectivity index is 1.70. The number of carbonyl (C=O) groups is 1. The monoisotopic (exact) mass is 309 g/mol. The Morgan fingerprint density at radius 3 is 3.00 bits per heavy atom. The third-order valence-electron chi connectivity index (χ3n) is 3.66. The normalized spacial score (nSPS) is 14.6. The van der Waals surface area contributed by atoms with Gasteiger partial charge >= 0.3 is 0 Å². The van der Waals surface area contributed by atoms with E-state index < -0.39 is 0 Å². The number of carbonyl (C=O) groups excluding carboxylic acids is 1. The molecule has 0 aliphatic heterocycles. The molecule has 2 aromatic rings. The second-order valence-corrected chi connectivity index (χ2v) is 5.63. The zero-order valence-electron chi connectivity index (χ0n) is 11.6. The Labute approximate surface area is 127 Å². The van der Waals surface area contributed by atoms with Crippen LogP contribution in [0.25, 0.3) is 11.0 Å². The molecule has 1 aromatic carbocycles. The minimum atomic E-state index is -0.343. The minimum Gasteiger partial charge on any atom is -0.353 e. The van der Waals surface area contributed by atoms with Crippen molar-refractivity contribution in [3.8, 4) is 0 Å². The van der Waals surface area contributed by atoms with Gasteiger partial charge in [0.25, 0.3) is 0 Å². The molecule has 0 unspecified atom stereocenters. The van der Waals surface area contributed by atoms with Crippen molar-refractivity contribution >= 4 is 28.5 Å². The van der Waals surface area contributed by atoms with Gasteiger partial charge in [-0.15, -0.1) is 11.6 Å². The Morgan fingerprint density at radius 2 is 2.29 bits per heavy atom. The summed E-state index contributed by atoms with van der Waals surface area (Å²) in [6.45, 7) is 0.611. The smallest absolute Gasteiger partial charge is 0.220 e. The van der Waals surface area contributed by atoms with Crippen LogP contribution in [0.1, 0.15) is 31.5 Å². The molecule has 1 aliphatic rings. The first kappa shape index (κ1) is 14.3. The zero-order valence-corrected chi connectivity index (χ0v) is 12.4. The molecule has 112 valence electrons. The second kappa shape index (κ2) is 6.02. The van der Waals surface area contributed by atoms with Crippen molar-refractivity contribution in [1.82, 2.24) is 14.9 Å². The van der Waals surface area contributed by atoms with Gasteiger partial charge in [-0.2, -0.15) is 0 Å². The number of hydrogen-bond acceptors (Lipinski definition) is 2. The standard InChI is InChI=1S/C15H17ClFN3O/c16-9-13-19-15-11(17)3-1-4-12(15)20(13)8-2-5-14(21)18-10-6-7-10/h1,3-4,10H,2,5-9H2,(H,18,21). The van der Waals surface area contributed by atoms with Gasteiger partial charge in [0.1, 0.15) is 11.3 Å². The predicted molar refractivity (Wildman–Crippen MR) is 79.6 cm³/mol. The SMILES string of the molecule is O=C(CCCn1c(CCl)nc2c(F)cccc21)NC1CC1. The number of benzene rings is 1. The average molecular weight is 310 g/mol. The number of hydrogen-bond donors (Lipinski definition) is 1. The van der Waals surface area contributed by atoms with Crippen LogP contribution in [0.3, 0.4) is 0 Å². The quantitative estimate of drug-likeness (QED) is 0.834. The van der Waals surface area contributed by atoms with Gasteiger partial charge in [0.2, 0.25) is 5.91 Å². The number of amides is 1. The summed E-state index contributed by atoms with van der Waals surface area (Å²) < 4.78 is 15.6. The van der Waals surface area contributed by atoms with Gasteiger partial charge in [-0.1, -0.05) is 6.07 Å². The molecular formula is C15H17ClFN3O. The maximum absolute atomic E-state index is 13.7. The Hall–Kier alpha value is -1.62. The molecule has 1 amide bonds. The molecule has 0 bridgehead atoms. The second-order valence-electron chi connectivity index (χ2n) is 5.37. The largest absolute Gasteiger partial charge is 0.353 e. The molecule has 0 radical (unpaired) electrons. The molecule has 3 rings (SSSR count). The lowest BCUT2D eigenvalue weighted by molar-refractivity contribution is -0.121. The van der Waals surface area contributed by atoms with Crippen LogP contribution in [0.5, 0.6) is 0 Å². The van der Waals surface area contributed by atoms with E-state index in [-0.39, 0.29) is 17.6 Å². The van der Waals surface area contributed by atoms with Gasteiger partial charge in [0, 0.05) is 19.0 Å². The number of alkyl halides is 1. The molecule has 4 nitrogen and oxygen atoms in total. The van der Waals surface area contributed by atoms with Gasteiger partial charge in [-0.3, -0.25) is 4.79 Å². The molecule has 0 spiro atoms. The van der Waals surface area contributed by atoms with Gasteiger partial charge in [0.05, 0.1) is 11.4 Å². The molecule has 1 aromatic heterocycles. The van der Waals surface area contributed by atoms with E-state index >= 15 is 0 Å². The number of imidazole rings is 1. The van der Waals surface area contributed by atoms with Gasteiger partial charge in [0.15, 0.2) is 5.82 Å². The number of aryl methyl sites for hydroxylation is 1. The Kier molecular flexibility index (Phi) is 4.10. The minimum absolute atomic E-state index is 0.0838. The fourth-order valence-corrected chi connectivity index (χ4v) is 2.64. The van der Waals surface area contributed by atoms with Gasteiger partial charge < -0.3 is 9.88 Å². The van der Waals surface area contributed by atoms with Crippen molar-refractivity contribution in [2.24, 2.45) is 0 Å². The lowest BCUT2D eigenvalue weighted by Gasteiger charge is -2.08. The van der Waals surface area contributed by atoms with Gasteiger partial charge in [-0.25, -0.2) is 9.37 Å². The molecular weight excluding hydrogens is 293 g/mol. The maximum atomic E-state index is 13.7. The molecule has 1 saturated carbocycles. The van der Waals surface area contributed by atoms with Gasteiger partial charge in [-0.05, 0) is 31.4 Å². The fraction of sp³-hybridized carbons (Fsp3) is 0.467. The highest BCUT2D eigenvalue weighted by Gasteiger charge is 2.22. The highest BCUT2D eigenvalue weighted by atomic mass is 35.5. The van der Waals surface area contributed by atoms with Crippen LogP contribution >= 0.6 is 11.6 Å². The number of nitrogens with one attached hydrogen (secondary N) is 1. The van der Waals surface area contributed by atoms with E-state index in [9.17, 15) is 9.18 Å². The molecule has 0 atom stereocenters. The molecule has 0 saturated heterocycles. The predicted octanol–water partition coefficient (Wildman–Crippen LogP) is 2.97. The molecule has 6 heteroatoms. The average Bonchev–Trinajstić information content (AvgIpc) is 3.19. The van der Waals surface area contributed by atoms with Crippen molar-refractivity contribution < 1.29 is 9.18 Å². The third-order valence-corrected chi connectivity index (χ3v) is 3.90. The molecule has 1 N–H and O–H groups in total. The summed E-state index contributed by atoms with van der Waals surface area (Å²) in [4.78, 5) is 15.9. The lowest BCUT2D eigenvalue weighted by Crippen LogP contribution is -2.25. The van der Waals surface area contributed by atoms with Crippen LogP contribution in [0.15, 0.2) is 18.2 Å². The van der Waals surface area contributed by atoms with E-state index in [0.29, 0.717) is 36.8 Å². The number of fused-ring (bicyclic) bond motifs is 1. The summed E-state index contributed by atoms with van der Waals surface area (Å²) in [5.74, 6) is 0.603. The van der Waals surface area contributed by atoms with E-state index in [4.69, 9.17) is 11.6 Å². The first-order chi connectivity index (χ1) is 10.2. The van der Waals surface area contributed by atoms with E-state index in [2.05, 4.69) is 10.3 Å². The summed E-state index contributed by atoms with van der Waals surface area (Å²) in [5.41, 5.74) is 1.07. The summed E-state index contributed by atoms with van der Waals surface area (Å²) in [7, 11) is 0. The van der Waals surface area contributed by atoms with Crippen LogP contribution in [0, 0.1) is 5.82 Å². The highest BCUT2D eigenvalue weighted by Crippen LogP contribution is 2.21. The maximum Gasteiger partial charge on any atom is 0.220 e. The summed E-state index contributed by atoms with van der Waals surface area (Å²) >= 11 is 5.89. The fourth-order valence-electron chi connectivity index (χ4n) is 2.44. The molecule has 1 aliphatic carbocycles. The number of nitrogens with zero attached hydrogens (tertiary/aromatic N) is 2. The van der Waals surface area contributed by atoms with Crippen LogP contribution in [-0.2, 0) is 17.2 Å². The van der Waals surface area contributed by atoms with Crippen molar-refractivity contribution in [1.29, 1.82) is 0 Å². The first-order valence-electron chi connectivity index (χ1n) is 7.18. The van der Waals surface area contributed by atoms with Crippen molar-refractivity contribution in [2.75, 3.05) is 0 Å². The van der Waals surface area contributed by atoms with E-state index in [1.54, 1.807) is 6.07 Å². The van der Waals surface area contributed by atoms with E-state index in [1.165, 1.54) is 6.07 Å². The summed E-state index contributed by atoms with van der Waals surface area (Å²) in [5, 5.41) is 2.96. The van der Waals surface area contributed by atoms with E-state index in [1.807, 2.05) is 10.6 Å². The third kappa shape index (κ3) is 3.18. The molecule has 1 fully saturated rings. The van der Waals surface area contributed by atoms with Crippen molar-refractivity contribution in [3.63, 3.8) is 0 Å². The number of halogens is 2. The van der Waals surface area contributed by atoms with Crippen LogP contribution in [0.4, 0.5) is 4.39 Å². The Morgan fingerprint density at radius 1 is 1.48 bits per heavy atom. The van der Waals surface area contributed by atoms with Crippen LogP contribution in [-0.4, -0.2) is 21.5 Å².